The minimum atomic E-state index is -0.511. The number of hydrogen-bond donors (Lipinski definition) is 1. The molecule has 0 unspecified atom stereocenters. The average molecular weight is 142 g/mol. The summed E-state index contributed by atoms with van der Waals surface area (Å²) in [4.78, 5) is 9.54. The lowest BCUT2D eigenvalue weighted by atomic mass is 10.3. The fraction of sp³-hybridized carbons (Fsp3) is 0.333. The molecule has 0 aromatic rings. The summed E-state index contributed by atoms with van der Waals surface area (Å²) in [7, 11) is 1.68. The fourth-order valence-corrected chi connectivity index (χ4v) is 0.444. The molecular weight excluding hydrogens is 132 g/mol. The van der Waals surface area contributed by atoms with Crippen LogP contribution in [0.2, 0.25) is 0 Å². The smallest absolute Gasteiger partial charge is 0.266 e. The van der Waals surface area contributed by atoms with Crippen molar-refractivity contribution in [2.24, 2.45) is 0 Å². The third kappa shape index (κ3) is 2.30. The summed E-state index contributed by atoms with van der Waals surface area (Å²) >= 11 is 0. The Morgan fingerprint density at radius 3 is 2.60 bits per heavy atom. The second-order valence-electron chi connectivity index (χ2n) is 1.82. The molecule has 0 amide bonds. The minimum Gasteiger partial charge on any atom is -0.394 e. The van der Waals surface area contributed by atoms with Crippen molar-refractivity contribution in [1.29, 1.82) is 0 Å². The van der Waals surface area contributed by atoms with Gasteiger partial charge in [-0.05, 0) is 13.5 Å². The lowest BCUT2D eigenvalue weighted by Gasteiger charge is -1.94. The molecule has 0 heterocycles. The highest BCUT2D eigenvalue weighted by atomic mass is 16.6. The van der Waals surface area contributed by atoms with Gasteiger partial charge < -0.3 is 5.32 Å². The van der Waals surface area contributed by atoms with Crippen LogP contribution in [-0.2, 0) is 0 Å². The van der Waals surface area contributed by atoms with Crippen molar-refractivity contribution >= 4 is 0 Å². The Hall–Kier alpha value is -1.32. The maximum absolute atomic E-state index is 10.1. The van der Waals surface area contributed by atoms with Crippen molar-refractivity contribution in [3.05, 3.63) is 34.2 Å². The molecule has 0 spiro atoms. The molecule has 0 saturated carbocycles. The van der Waals surface area contributed by atoms with Crippen LogP contribution in [0.1, 0.15) is 6.92 Å². The maximum Gasteiger partial charge on any atom is 0.266 e. The van der Waals surface area contributed by atoms with Crippen molar-refractivity contribution < 1.29 is 4.92 Å². The van der Waals surface area contributed by atoms with Gasteiger partial charge in [-0.3, -0.25) is 10.1 Å². The van der Waals surface area contributed by atoms with Crippen LogP contribution in [0.15, 0.2) is 24.0 Å². The first-order valence-corrected chi connectivity index (χ1v) is 2.77. The van der Waals surface area contributed by atoms with Gasteiger partial charge in [0.1, 0.15) is 0 Å². The van der Waals surface area contributed by atoms with Crippen molar-refractivity contribution in [3.8, 4) is 0 Å². The molecule has 0 aliphatic carbocycles. The van der Waals surface area contributed by atoms with Gasteiger partial charge in [0.2, 0.25) is 0 Å². The summed E-state index contributed by atoms with van der Waals surface area (Å²) < 4.78 is 0. The summed E-state index contributed by atoms with van der Waals surface area (Å²) in [6.07, 6.45) is 1.53. The Kier molecular flexibility index (Phi) is 3.17. The Morgan fingerprint density at radius 1 is 1.80 bits per heavy atom. The fourth-order valence-electron chi connectivity index (χ4n) is 0.444. The molecule has 0 bridgehead atoms. The SMILES string of the molecule is C=C(/C(C)=C\NC)[N+](=O)[O-]. The minimum absolute atomic E-state index is 0.0747. The van der Waals surface area contributed by atoms with Crippen molar-refractivity contribution in [2.75, 3.05) is 7.05 Å². The highest BCUT2D eigenvalue weighted by Gasteiger charge is 2.07. The molecule has 4 heteroatoms. The van der Waals surface area contributed by atoms with Crippen LogP contribution in [0.25, 0.3) is 0 Å². The van der Waals surface area contributed by atoms with Crippen LogP contribution in [0.4, 0.5) is 0 Å². The number of rotatable bonds is 3. The summed E-state index contributed by atoms with van der Waals surface area (Å²) in [6.45, 7) is 4.89. The number of nitro groups is 1. The van der Waals surface area contributed by atoms with Gasteiger partial charge in [-0.2, -0.15) is 0 Å². The van der Waals surface area contributed by atoms with Crippen LogP contribution in [0.5, 0.6) is 0 Å². The predicted molar refractivity (Wildman–Crippen MR) is 39.0 cm³/mol. The summed E-state index contributed by atoms with van der Waals surface area (Å²) in [5.74, 6) is 0. The van der Waals surface area contributed by atoms with Gasteiger partial charge in [-0.25, -0.2) is 0 Å². The molecule has 1 N–H and O–H groups in total. The Labute approximate surface area is 59.4 Å². The van der Waals surface area contributed by atoms with E-state index in [0.29, 0.717) is 5.57 Å². The van der Waals surface area contributed by atoms with Crippen molar-refractivity contribution in [1.82, 2.24) is 5.32 Å². The lowest BCUT2D eigenvalue weighted by Crippen LogP contribution is -2.02. The first-order chi connectivity index (χ1) is 4.59. The summed E-state index contributed by atoms with van der Waals surface area (Å²) in [5, 5.41) is 12.7. The number of nitrogens with one attached hydrogen (secondary N) is 1. The van der Waals surface area contributed by atoms with E-state index >= 15 is 0 Å². The van der Waals surface area contributed by atoms with Crippen LogP contribution in [-0.4, -0.2) is 12.0 Å². The molecule has 0 aliphatic heterocycles. The predicted octanol–water partition coefficient (Wildman–Crippen LogP) is 0.900. The van der Waals surface area contributed by atoms with Crippen LogP contribution >= 0.6 is 0 Å². The van der Waals surface area contributed by atoms with Gasteiger partial charge in [-0.15, -0.1) is 0 Å². The van der Waals surface area contributed by atoms with E-state index in [2.05, 4.69) is 11.9 Å². The van der Waals surface area contributed by atoms with Crippen LogP contribution in [0.3, 0.4) is 0 Å². The largest absolute Gasteiger partial charge is 0.394 e. The summed E-state index contributed by atoms with van der Waals surface area (Å²) in [6, 6.07) is 0. The van der Waals surface area contributed by atoms with Crippen molar-refractivity contribution in [2.45, 2.75) is 6.92 Å². The van der Waals surface area contributed by atoms with Gasteiger partial charge in [0, 0.05) is 18.8 Å². The van der Waals surface area contributed by atoms with E-state index in [9.17, 15) is 10.1 Å². The molecule has 0 radical (unpaired) electrons. The van der Waals surface area contributed by atoms with E-state index in [1.54, 1.807) is 14.0 Å². The molecule has 0 aromatic heterocycles. The second kappa shape index (κ2) is 3.66. The van der Waals surface area contributed by atoms with Gasteiger partial charge in [0.15, 0.2) is 0 Å². The van der Waals surface area contributed by atoms with Crippen LogP contribution in [0, 0.1) is 10.1 Å². The zero-order valence-electron chi connectivity index (χ0n) is 6.05. The highest BCUT2D eigenvalue weighted by molar-refractivity contribution is 5.18. The molecule has 0 fully saturated rings. The zero-order valence-corrected chi connectivity index (χ0v) is 6.05. The quantitative estimate of drug-likeness (QED) is 0.362. The van der Waals surface area contributed by atoms with E-state index < -0.39 is 4.92 Å². The second-order valence-corrected chi connectivity index (χ2v) is 1.82. The van der Waals surface area contributed by atoms with Gasteiger partial charge in [0.05, 0.1) is 4.92 Å². The molecule has 0 atom stereocenters. The van der Waals surface area contributed by atoms with Gasteiger partial charge in [0.25, 0.3) is 5.70 Å². The maximum atomic E-state index is 10.1. The Morgan fingerprint density at radius 2 is 2.30 bits per heavy atom. The van der Waals surface area contributed by atoms with E-state index in [4.69, 9.17) is 0 Å². The number of nitrogens with zero attached hydrogens (tertiary/aromatic N) is 1. The standard InChI is InChI=1S/C6H10N2O2/c1-5(4-7-3)6(2)8(9)10/h4,7H,2H2,1,3H3/b5-4-. The summed E-state index contributed by atoms with van der Waals surface area (Å²) in [5.41, 5.74) is 0.460. The molecule has 0 aromatic carbocycles. The topological polar surface area (TPSA) is 55.2 Å². The van der Waals surface area contributed by atoms with E-state index in [1.807, 2.05) is 0 Å². The Balaban J connectivity index is 4.22. The molecular formula is C6H10N2O2. The zero-order chi connectivity index (χ0) is 8.15. The number of allylic oxidation sites excluding steroid dienone is 1. The Bertz CT molecular complexity index is 184. The first kappa shape index (κ1) is 8.68. The molecule has 4 nitrogen and oxygen atoms in total. The molecule has 56 valence electrons. The van der Waals surface area contributed by atoms with Gasteiger partial charge in [-0.1, -0.05) is 0 Å². The molecule has 0 aliphatic rings. The lowest BCUT2D eigenvalue weighted by molar-refractivity contribution is -0.420. The monoisotopic (exact) mass is 142 g/mol. The molecule has 10 heavy (non-hydrogen) atoms. The van der Waals surface area contributed by atoms with E-state index in [1.165, 1.54) is 6.20 Å². The van der Waals surface area contributed by atoms with E-state index in [0.717, 1.165) is 0 Å². The molecule has 0 rings (SSSR count). The number of hydrogen-bond acceptors (Lipinski definition) is 3. The highest BCUT2D eigenvalue weighted by Crippen LogP contribution is 2.04. The normalized spacial score (nSPS) is 10.8. The van der Waals surface area contributed by atoms with Gasteiger partial charge >= 0.3 is 0 Å². The average Bonchev–Trinajstić information content (AvgIpc) is 1.87. The van der Waals surface area contributed by atoms with E-state index in [-0.39, 0.29) is 5.70 Å². The first-order valence-electron chi connectivity index (χ1n) is 2.77. The van der Waals surface area contributed by atoms with Crippen molar-refractivity contribution in [3.63, 3.8) is 0 Å². The van der Waals surface area contributed by atoms with Crippen LogP contribution < -0.4 is 5.32 Å². The molecule has 0 saturated heterocycles. The third-order valence-corrected chi connectivity index (χ3v) is 1.04. The third-order valence-electron chi connectivity index (χ3n) is 1.04.